The zero-order valence-corrected chi connectivity index (χ0v) is 12.9. The predicted molar refractivity (Wildman–Crippen MR) is 81.4 cm³/mol. The van der Waals surface area contributed by atoms with Crippen LogP contribution in [0.15, 0.2) is 12.2 Å². The Morgan fingerprint density at radius 3 is 2.53 bits per heavy atom. The molecule has 0 radical (unpaired) electrons. The first kappa shape index (κ1) is 16.6. The molecule has 4 heteroatoms. The minimum atomic E-state index is 0.109. The molecule has 1 aliphatic heterocycles. The van der Waals surface area contributed by atoms with E-state index in [2.05, 4.69) is 30.6 Å². The molecule has 0 aliphatic carbocycles. The zero-order chi connectivity index (χ0) is 14.3. The zero-order valence-electron chi connectivity index (χ0n) is 12.9. The highest BCUT2D eigenvalue weighted by Gasteiger charge is 2.33. The summed E-state index contributed by atoms with van der Waals surface area (Å²) < 4.78 is 5.52. The first-order chi connectivity index (χ1) is 8.99. The van der Waals surface area contributed by atoms with Gasteiger partial charge in [0.2, 0.25) is 0 Å². The van der Waals surface area contributed by atoms with Gasteiger partial charge >= 0.3 is 0 Å². The van der Waals surface area contributed by atoms with Crippen molar-refractivity contribution in [1.29, 1.82) is 0 Å². The van der Waals surface area contributed by atoms with Crippen molar-refractivity contribution in [3.05, 3.63) is 12.2 Å². The molecule has 0 aromatic carbocycles. The molecular weight excluding hydrogens is 238 g/mol. The van der Waals surface area contributed by atoms with Crippen LogP contribution in [-0.2, 0) is 4.74 Å². The monoisotopic (exact) mass is 269 g/mol. The van der Waals surface area contributed by atoms with E-state index in [1.54, 1.807) is 0 Å². The van der Waals surface area contributed by atoms with E-state index in [1.165, 1.54) is 0 Å². The molecule has 1 fully saturated rings. The van der Waals surface area contributed by atoms with E-state index >= 15 is 0 Å². The fourth-order valence-corrected chi connectivity index (χ4v) is 2.56. The summed E-state index contributed by atoms with van der Waals surface area (Å²) in [6.07, 6.45) is 2.25. The normalized spacial score (nSPS) is 19.8. The summed E-state index contributed by atoms with van der Waals surface area (Å²) in [5.41, 5.74) is 7.16. The van der Waals surface area contributed by atoms with Gasteiger partial charge in [0.05, 0.1) is 13.2 Å². The van der Waals surface area contributed by atoms with Gasteiger partial charge in [-0.1, -0.05) is 12.2 Å². The number of nitrogens with two attached hydrogens (primary N) is 1. The Balaban J connectivity index is 2.27. The van der Waals surface area contributed by atoms with E-state index in [0.717, 1.165) is 44.7 Å². The number of hydrogen-bond acceptors (Lipinski definition) is 4. The van der Waals surface area contributed by atoms with E-state index < -0.39 is 0 Å². The molecule has 1 rings (SSSR count). The first-order valence-electron chi connectivity index (χ1n) is 7.40. The molecule has 1 saturated heterocycles. The fraction of sp³-hybridized carbons (Fsp3) is 0.867. The number of rotatable bonds is 8. The molecule has 4 nitrogen and oxygen atoms in total. The van der Waals surface area contributed by atoms with Crippen LogP contribution in [0.2, 0.25) is 0 Å². The molecule has 0 spiro atoms. The molecule has 0 unspecified atom stereocenters. The number of nitrogens with zero attached hydrogens (tertiary/aromatic N) is 1. The Labute approximate surface area is 118 Å². The van der Waals surface area contributed by atoms with Gasteiger partial charge in [-0.15, -0.1) is 0 Å². The summed E-state index contributed by atoms with van der Waals surface area (Å²) in [7, 11) is 0. The van der Waals surface area contributed by atoms with Gasteiger partial charge in [0.15, 0.2) is 0 Å². The Kier molecular flexibility index (Phi) is 7.00. The molecule has 112 valence electrons. The number of hydrogen-bond donors (Lipinski definition) is 2. The quantitative estimate of drug-likeness (QED) is 0.516. The Bertz CT molecular complexity index is 271. The van der Waals surface area contributed by atoms with Crippen molar-refractivity contribution in [1.82, 2.24) is 10.2 Å². The second kappa shape index (κ2) is 8.00. The Morgan fingerprint density at radius 1 is 1.42 bits per heavy atom. The van der Waals surface area contributed by atoms with Crippen LogP contribution in [0.3, 0.4) is 0 Å². The lowest BCUT2D eigenvalue weighted by atomic mass is 9.87. The summed E-state index contributed by atoms with van der Waals surface area (Å²) in [4.78, 5) is 2.52. The van der Waals surface area contributed by atoms with Gasteiger partial charge in [-0.25, -0.2) is 0 Å². The third-order valence-electron chi connectivity index (χ3n) is 3.97. The van der Waals surface area contributed by atoms with Gasteiger partial charge < -0.3 is 20.7 Å². The lowest BCUT2D eigenvalue weighted by Gasteiger charge is -2.43. The van der Waals surface area contributed by atoms with Gasteiger partial charge in [0.25, 0.3) is 0 Å². The van der Waals surface area contributed by atoms with Crippen LogP contribution >= 0.6 is 0 Å². The van der Waals surface area contributed by atoms with Crippen LogP contribution in [0, 0.1) is 0 Å². The number of ether oxygens (including phenoxy) is 1. The molecule has 3 N–H and O–H groups in total. The van der Waals surface area contributed by atoms with E-state index in [9.17, 15) is 0 Å². The van der Waals surface area contributed by atoms with Crippen molar-refractivity contribution in [2.75, 3.05) is 39.4 Å². The molecule has 0 atom stereocenters. The highest BCUT2D eigenvalue weighted by atomic mass is 16.5. The van der Waals surface area contributed by atoms with Gasteiger partial charge in [-0.3, -0.25) is 0 Å². The van der Waals surface area contributed by atoms with Crippen molar-refractivity contribution in [2.45, 2.75) is 45.2 Å². The second-order valence-corrected chi connectivity index (χ2v) is 6.05. The van der Waals surface area contributed by atoms with Crippen LogP contribution in [0.4, 0.5) is 0 Å². The molecule has 0 saturated carbocycles. The maximum Gasteiger partial charge on any atom is 0.0672 e. The topological polar surface area (TPSA) is 50.5 Å². The lowest BCUT2D eigenvalue weighted by molar-refractivity contribution is 0.0997. The fourth-order valence-electron chi connectivity index (χ4n) is 2.56. The smallest absolute Gasteiger partial charge is 0.0672 e. The molecular formula is C15H31N3O. The van der Waals surface area contributed by atoms with E-state index in [0.29, 0.717) is 19.2 Å². The molecule has 19 heavy (non-hydrogen) atoms. The SMILES string of the molecule is C=C(C)COCCNC1(CN)CCN(C(C)C)CC1. The van der Waals surface area contributed by atoms with Gasteiger partial charge in [0, 0.05) is 37.8 Å². The molecule has 0 bridgehead atoms. The summed E-state index contributed by atoms with van der Waals surface area (Å²) in [5, 5.41) is 3.61. The number of piperidine rings is 1. The minimum Gasteiger partial charge on any atom is -0.376 e. The summed E-state index contributed by atoms with van der Waals surface area (Å²) in [5.74, 6) is 0. The summed E-state index contributed by atoms with van der Waals surface area (Å²) >= 11 is 0. The predicted octanol–water partition coefficient (Wildman–Crippen LogP) is 1.37. The van der Waals surface area contributed by atoms with Gasteiger partial charge in [-0.05, 0) is 33.6 Å². The highest BCUT2D eigenvalue weighted by molar-refractivity contribution is 4.95. The van der Waals surface area contributed by atoms with Crippen molar-refractivity contribution in [3.8, 4) is 0 Å². The number of nitrogens with one attached hydrogen (secondary N) is 1. The van der Waals surface area contributed by atoms with Crippen molar-refractivity contribution in [3.63, 3.8) is 0 Å². The van der Waals surface area contributed by atoms with Crippen molar-refractivity contribution in [2.24, 2.45) is 5.73 Å². The maximum atomic E-state index is 5.99. The lowest BCUT2D eigenvalue weighted by Crippen LogP contribution is -2.59. The van der Waals surface area contributed by atoms with Crippen molar-refractivity contribution < 1.29 is 4.74 Å². The van der Waals surface area contributed by atoms with Gasteiger partial charge in [0.1, 0.15) is 0 Å². The molecule has 0 amide bonds. The Morgan fingerprint density at radius 2 is 2.05 bits per heavy atom. The minimum absolute atomic E-state index is 0.109. The summed E-state index contributed by atoms with van der Waals surface area (Å²) in [6.45, 7) is 15.5. The largest absolute Gasteiger partial charge is 0.376 e. The molecule has 1 aliphatic rings. The van der Waals surface area contributed by atoms with Crippen molar-refractivity contribution >= 4 is 0 Å². The maximum absolute atomic E-state index is 5.99. The first-order valence-corrected chi connectivity index (χ1v) is 7.40. The highest BCUT2D eigenvalue weighted by Crippen LogP contribution is 2.22. The van der Waals surface area contributed by atoms with E-state index in [4.69, 9.17) is 10.5 Å². The molecule has 0 aromatic rings. The molecule has 1 heterocycles. The average Bonchev–Trinajstić information content (AvgIpc) is 2.38. The third-order valence-corrected chi connectivity index (χ3v) is 3.97. The van der Waals surface area contributed by atoms with E-state index in [1.807, 2.05) is 6.92 Å². The molecule has 0 aromatic heterocycles. The standard InChI is InChI=1S/C15H31N3O/c1-13(2)11-19-10-7-17-15(12-16)5-8-18(9-6-15)14(3)4/h14,17H,1,5-12,16H2,2-4H3. The third kappa shape index (κ3) is 5.61. The van der Waals surface area contributed by atoms with Crippen LogP contribution in [0.1, 0.15) is 33.6 Å². The average molecular weight is 269 g/mol. The van der Waals surface area contributed by atoms with Crippen LogP contribution < -0.4 is 11.1 Å². The van der Waals surface area contributed by atoms with Crippen LogP contribution in [0.5, 0.6) is 0 Å². The van der Waals surface area contributed by atoms with Gasteiger partial charge in [-0.2, -0.15) is 0 Å². The van der Waals surface area contributed by atoms with E-state index in [-0.39, 0.29) is 5.54 Å². The summed E-state index contributed by atoms with van der Waals surface area (Å²) in [6, 6.07) is 0.634. The van der Waals surface area contributed by atoms with Crippen LogP contribution in [0.25, 0.3) is 0 Å². The second-order valence-electron chi connectivity index (χ2n) is 6.05. The Hall–Kier alpha value is -0.420. The number of likely N-dealkylation sites (tertiary alicyclic amines) is 1. The van der Waals surface area contributed by atoms with Crippen LogP contribution in [-0.4, -0.2) is 55.9 Å².